The molecule has 2 unspecified atom stereocenters. The van der Waals surface area contributed by atoms with Crippen LogP contribution in [0.5, 0.6) is 5.75 Å². The van der Waals surface area contributed by atoms with Crippen LogP contribution in [-0.4, -0.2) is 69.1 Å². The summed E-state index contributed by atoms with van der Waals surface area (Å²) >= 11 is 10.2. The third-order valence-corrected chi connectivity index (χ3v) is 8.17. The van der Waals surface area contributed by atoms with Crippen molar-refractivity contribution in [3.8, 4) is 5.75 Å². The molecule has 0 saturated carbocycles. The third kappa shape index (κ3) is 7.11. The number of aliphatic hydroxyl groups is 2. The van der Waals surface area contributed by atoms with Crippen LogP contribution in [0.1, 0.15) is 27.0 Å². The number of esters is 1. The van der Waals surface area contributed by atoms with Crippen molar-refractivity contribution in [3.05, 3.63) is 52.0 Å². The van der Waals surface area contributed by atoms with E-state index in [0.29, 0.717) is 4.64 Å². The number of para-hydroxylation sites is 1. The zero-order valence-electron chi connectivity index (χ0n) is 20.5. The zero-order valence-corrected chi connectivity index (χ0v) is 23.0. The maximum absolute atomic E-state index is 14.0. The monoisotopic (exact) mass is 576 g/mol. The highest BCUT2D eigenvalue weighted by atomic mass is 32.1. The van der Waals surface area contributed by atoms with Crippen LogP contribution in [0.25, 0.3) is 0 Å². The molecule has 0 radical (unpaired) electrons. The summed E-state index contributed by atoms with van der Waals surface area (Å²) in [5.74, 6) is -1.21. The Kier molecular flexibility index (Phi) is 9.79. The van der Waals surface area contributed by atoms with Crippen LogP contribution < -0.4 is 4.52 Å². The van der Waals surface area contributed by atoms with Gasteiger partial charge in [-0.1, -0.05) is 37.3 Å². The molecule has 204 valence electrons. The number of alkyl halides is 1. The molecular weight excluding hydrogens is 546 g/mol. The molecule has 1 aromatic heterocycles. The fraction of sp³-hybridized carbons (Fsp3) is 0.522. The predicted octanol–water partition coefficient (Wildman–Crippen LogP) is 4.11. The van der Waals surface area contributed by atoms with E-state index in [2.05, 4.69) is 4.98 Å². The number of rotatable bonds is 11. The van der Waals surface area contributed by atoms with Gasteiger partial charge in [0, 0.05) is 6.20 Å². The summed E-state index contributed by atoms with van der Waals surface area (Å²) in [6.45, 7) is 2.98. The van der Waals surface area contributed by atoms with Crippen molar-refractivity contribution in [3.63, 3.8) is 0 Å². The first kappa shape index (κ1) is 29.6. The van der Waals surface area contributed by atoms with Crippen LogP contribution in [0.15, 0.2) is 42.6 Å². The molecular formula is C23H30FN2O8PS2. The van der Waals surface area contributed by atoms with Gasteiger partial charge in [-0.15, -0.1) is 0 Å². The first-order chi connectivity index (χ1) is 17.4. The number of aromatic nitrogens is 2. The van der Waals surface area contributed by atoms with E-state index in [-0.39, 0.29) is 22.8 Å². The number of benzene rings is 1. The molecule has 3 N–H and O–H groups in total. The molecule has 0 bridgehead atoms. The Morgan fingerprint density at radius 2 is 1.95 bits per heavy atom. The first-order valence-corrected chi connectivity index (χ1v) is 14.0. The van der Waals surface area contributed by atoms with E-state index in [1.807, 2.05) is 0 Å². The predicted molar refractivity (Wildman–Crippen MR) is 137 cm³/mol. The summed E-state index contributed by atoms with van der Waals surface area (Å²) in [7, 11) is -4.05. The molecule has 3 rings (SSSR count). The Hall–Kier alpha value is -1.99. The molecule has 14 heteroatoms. The number of nitrogens with zero attached hydrogens (tertiary/aromatic N) is 1. The molecule has 10 nitrogen and oxygen atoms in total. The van der Waals surface area contributed by atoms with Crippen molar-refractivity contribution in [2.24, 2.45) is 5.92 Å². The van der Waals surface area contributed by atoms with E-state index in [1.54, 1.807) is 44.2 Å². The number of ether oxygens (including phenoxy) is 2. The number of hydrogen-bond acceptors (Lipinski definition) is 10. The second-order valence-electron chi connectivity index (χ2n) is 8.99. The van der Waals surface area contributed by atoms with Crippen molar-refractivity contribution in [2.75, 3.05) is 19.4 Å². The van der Waals surface area contributed by atoms with Gasteiger partial charge >= 0.3 is 13.6 Å². The minimum atomic E-state index is -4.05. The Morgan fingerprint density at radius 3 is 2.54 bits per heavy atom. The molecule has 6 atom stereocenters. The number of nitrogens with one attached hydrogen (secondary N) is 1. The average Bonchev–Trinajstić information content (AvgIpc) is 3.08. The molecule has 0 amide bonds. The highest BCUT2D eigenvalue weighted by molar-refractivity contribution is 7.72. The second kappa shape index (κ2) is 12.2. The van der Waals surface area contributed by atoms with E-state index in [0.717, 1.165) is 0 Å². The number of halogens is 1. The van der Waals surface area contributed by atoms with Gasteiger partial charge in [0.15, 0.2) is 16.6 Å². The van der Waals surface area contributed by atoms with E-state index in [9.17, 15) is 24.0 Å². The summed E-state index contributed by atoms with van der Waals surface area (Å²) in [6.07, 6.45) is -3.85. The van der Waals surface area contributed by atoms with Gasteiger partial charge in [0.05, 0.1) is 24.8 Å². The molecule has 37 heavy (non-hydrogen) atoms. The van der Waals surface area contributed by atoms with Crippen molar-refractivity contribution in [1.82, 2.24) is 9.55 Å². The molecule has 1 fully saturated rings. The lowest BCUT2D eigenvalue weighted by molar-refractivity contribution is -0.151. The lowest BCUT2D eigenvalue weighted by atomic mass is 9.95. The molecule has 2 heterocycles. The van der Waals surface area contributed by atoms with Gasteiger partial charge in [0.25, 0.3) is 0 Å². The van der Waals surface area contributed by atoms with E-state index >= 15 is 0 Å². The average molecular weight is 577 g/mol. The fourth-order valence-corrected chi connectivity index (χ4v) is 6.08. The van der Waals surface area contributed by atoms with Crippen LogP contribution in [0, 0.1) is 15.3 Å². The van der Waals surface area contributed by atoms with Gasteiger partial charge < -0.3 is 29.2 Å². The standard InChI is InChI=1S/C23H30FN2O8PS2/c1-14(2)32-20(28)15(3)12-35(30,34-16-7-5-4-6-8-16)31-11-17-19(27)23(29,13-24)21(33-17)26-10-9-18(36)25-22(26)37/h4-10,14-15,17,19,21,27,29H,11-13H2,1-3H3,(H,25,36,37)/t15-,17-,19+,21-,23?,35?/m1/s1. The van der Waals surface area contributed by atoms with Gasteiger partial charge in [-0.2, -0.15) is 0 Å². The van der Waals surface area contributed by atoms with Gasteiger partial charge in [-0.25, -0.2) is 8.96 Å². The highest BCUT2D eigenvalue weighted by Crippen LogP contribution is 2.51. The van der Waals surface area contributed by atoms with Gasteiger partial charge in [-0.3, -0.25) is 13.9 Å². The van der Waals surface area contributed by atoms with E-state index in [1.165, 1.54) is 23.8 Å². The van der Waals surface area contributed by atoms with Gasteiger partial charge in [-0.05, 0) is 44.3 Å². The van der Waals surface area contributed by atoms with Crippen LogP contribution in [0.2, 0.25) is 0 Å². The van der Waals surface area contributed by atoms with Gasteiger partial charge in [0.1, 0.15) is 29.3 Å². The third-order valence-electron chi connectivity index (χ3n) is 5.59. The van der Waals surface area contributed by atoms with Crippen molar-refractivity contribution < 1.29 is 42.5 Å². The Labute approximate surface area is 223 Å². The highest BCUT2D eigenvalue weighted by Gasteiger charge is 2.57. The molecule has 0 aliphatic carbocycles. The van der Waals surface area contributed by atoms with Crippen LogP contribution in [0.4, 0.5) is 4.39 Å². The number of H-pyrrole nitrogens is 1. The Bertz CT molecular complexity index is 1240. The summed E-state index contributed by atoms with van der Waals surface area (Å²) in [4.78, 5) is 15.1. The lowest BCUT2D eigenvalue weighted by Gasteiger charge is -2.29. The topological polar surface area (TPSA) is 132 Å². The largest absolute Gasteiger partial charge is 0.463 e. The number of carbonyl (C=O) groups excluding carboxylic acids is 1. The van der Waals surface area contributed by atoms with Crippen molar-refractivity contribution in [2.45, 2.75) is 50.9 Å². The summed E-state index contributed by atoms with van der Waals surface area (Å²) in [5.41, 5.74) is -2.39. The maximum Gasteiger partial charge on any atom is 0.380 e. The number of aliphatic hydroxyl groups excluding tert-OH is 1. The number of carbonyl (C=O) groups is 1. The first-order valence-electron chi connectivity index (χ1n) is 11.5. The minimum Gasteiger partial charge on any atom is -0.463 e. The Morgan fingerprint density at radius 1 is 1.27 bits per heavy atom. The van der Waals surface area contributed by atoms with Crippen LogP contribution in [0.3, 0.4) is 0 Å². The Balaban J connectivity index is 1.83. The quantitative estimate of drug-likeness (QED) is 0.204. The summed E-state index contributed by atoms with van der Waals surface area (Å²) in [6, 6.07) is 9.66. The number of aromatic amines is 1. The van der Waals surface area contributed by atoms with Crippen molar-refractivity contribution >= 4 is 38.0 Å². The van der Waals surface area contributed by atoms with E-state index < -0.39 is 56.8 Å². The SMILES string of the molecule is CC(C)OC(=O)[C@H](C)CP(=O)(OC[C@H]1O[C@@H](n2ccc(=S)[nH]c2=S)C(O)(CF)[C@H]1O)Oc1ccccc1. The second-order valence-corrected chi connectivity index (χ2v) is 11.8. The number of hydrogen-bond donors (Lipinski definition) is 3. The van der Waals surface area contributed by atoms with Gasteiger partial charge in [0.2, 0.25) is 0 Å². The van der Waals surface area contributed by atoms with Crippen LogP contribution >= 0.6 is 32.0 Å². The van der Waals surface area contributed by atoms with E-state index in [4.69, 9.17) is 43.0 Å². The molecule has 2 aromatic rings. The summed E-state index contributed by atoms with van der Waals surface area (Å²) < 4.78 is 51.6. The molecule has 1 aliphatic rings. The smallest absolute Gasteiger partial charge is 0.380 e. The van der Waals surface area contributed by atoms with Crippen molar-refractivity contribution in [1.29, 1.82) is 0 Å². The lowest BCUT2D eigenvalue weighted by Crippen LogP contribution is -2.49. The minimum absolute atomic E-state index is 0.0358. The molecule has 1 saturated heterocycles. The normalized spacial score (nSPS) is 26.0. The summed E-state index contributed by atoms with van der Waals surface area (Å²) in [5, 5.41) is 21.7. The maximum atomic E-state index is 14.0. The molecule has 1 aromatic carbocycles. The molecule has 0 spiro atoms. The zero-order chi connectivity index (χ0) is 27.4. The van der Waals surface area contributed by atoms with Crippen LogP contribution in [-0.2, 0) is 23.4 Å². The molecule has 1 aliphatic heterocycles. The fourth-order valence-electron chi connectivity index (χ4n) is 3.72.